The van der Waals surface area contributed by atoms with Gasteiger partial charge in [-0.05, 0) is 42.3 Å². The van der Waals surface area contributed by atoms with E-state index < -0.39 is 5.91 Å². The maximum Gasteiger partial charge on any atom is 0.251 e. The summed E-state index contributed by atoms with van der Waals surface area (Å²) < 4.78 is 13.3. The standard InChI is InChI=1S/C20H24FN5O2.HI/c1-2-23-20(26-12-15-4-3-5-17(21)10-15)25-11-14-6-8-16(9-7-14)19(28)24-13-18(22)27;/h3-10H,2,11-13H2,1H3,(H2,22,27)(H,24,28)(H2,23,25,26);1H. The van der Waals surface area contributed by atoms with Gasteiger partial charge in [-0.3, -0.25) is 9.59 Å². The molecule has 0 aromatic heterocycles. The summed E-state index contributed by atoms with van der Waals surface area (Å²) in [6.45, 7) is 3.30. The molecule has 0 heterocycles. The van der Waals surface area contributed by atoms with Crippen LogP contribution in [0, 0.1) is 5.82 Å². The fourth-order valence-corrected chi connectivity index (χ4v) is 2.38. The first-order chi connectivity index (χ1) is 13.5. The van der Waals surface area contributed by atoms with E-state index in [9.17, 15) is 14.0 Å². The normalized spacial score (nSPS) is 10.6. The molecule has 9 heteroatoms. The van der Waals surface area contributed by atoms with E-state index in [0.717, 1.165) is 11.1 Å². The molecule has 0 aliphatic heterocycles. The van der Waals surface area contributed by atoms with Gasteiger partial charge in [-0.1, -0.05) is 24.3 Å². The molecule has 2 rings (SSSR count). The Labute approximate surface area is 186 Å². The lowest BCUT2D eigenvalue weighted by Gasteiger charge is -2.12. The van der Waals surface area contributed by atoms with Crippen molar-refractivity contribution in [2.45, 2.75) is 20.0 Å². The second-order valence-corrected chi connectivity index (χ2v) is 6.02. The number of nitrogens with two attached hydrogens (primary N) is 1. The fourth-order valence-electron chi connectivity index (χ4n) is 2.38. The first kappa shape index (κ1) is 24.3. The van der Waals surface area contributed by atoms with Gasteiger partial charge >= 0.3 is 0 Å². The van der Waals surface area contributed by atoms with Crippen molar-refractivity contribution in [3.63, 3.8) is 0 Å². The minimum atomic E-state index is -0.595. The van der Waals surface area contributed by atoms with Gasteiger partial charge in [0, 0.05) is 18.7 Å². The average Bonchev–Trinajstić information content (AvgIpc) is 2.68. The van der Waals surface area contributed by atoms with Crippen LogP contribution in [0.25, 0.3) is 0 Å². The number of benzene rings is 2. The summed E-state index contributed by atoms with van der Waals surface area (Å²) in [6, 6.07) is 13.3. The van der Waals surface area contributed by atoms with Crippen LogP contribution in [-0.2, 0) is 17.9 Å². The SMILES string of the molecule is CCNC(=NCc1cccc(F)c1)NCc1ccc(C(=O)NCC(N)=O)cc1.I. The molecule has 2 aromatic carbocycles. The molecular weight excluding hydrogens is 488 g/mol. The second kappa shape index (κ2) is 12.7. The lowest BCUT2D eigenvalue weighted by Crippen LogP contribution is -2.36. The number of aliphatic imine (C=N–C) groups is 1. The predicted molar refractivity (Wildman–Crippen MR) is 121 cm³/mol. The van der Waals surface area contributed by atoms with Gasteiger partial charge < -0.3 is 21.7 Å². The highest BCUT2D eigenvalue weighted by Gasteiger charge is 2.06. The highest BCUT2D eigenvalue weighted by Crippen LogP contribution is 2.06. The number of hydrogen-bond donors (Lipinski definition) is 4. The Morgan fingerprint density at radius 1 is 1.03 bits per heavy atom. The number of carbonyl (C=O) groups is 2. The summed E-state index contributed by atoms with van der Waals surface area (Å²) in [5.74, 6) is -0.633. The number of guanidine groups is 1. The molecule has 0 radical (unpaired) electrons. The minimum absolute atomic E-state index is 0. The molecule has 0 spiro atoms. The molecule has 7 nitrogen and oxygen atoms in total. The first-order valence-electron chi connectivity index (χ1n) is 8.90. The van der Waals surface area contributed by atoms with Crippen LogP contribution in [0.3, 0.4) is 0 Å². The predicted octanol–water partition coefficient (Wildman–Crippen LogP) is 1.91. The molecule has 156 valence electrons. The maximum absolute atomic E-state index is 13.3. The highest BCUT2D eigenvalue weighted by atomic mass is 127. The van der Waals surface area contributed by atoms with E-state index in [-0.39, 0.29) is 42.2 Å². The molecular formula is C20H25FIN5O2. The lowest BCUT2D eigenvalue weighted by atomic mass is 10.1. The number of halogens is 2. The first-order valence-corrected chi connectivity index (χ1v) is 8.90. The molecule has 2 amide bonds. The van der Waals surface area contributed by atoms with Crippen molar-refractivity contribution < 1.29 is 14.0 Å². The van der Waals surface area contributed by atoms with E-state index in [0.29, 0.717) is 31.2 Å². The second-order valence-electron chi connectivity index (χ2n) is 6.02. The van der Waals surface area contributed by atoms with E-state index in [2.05, 4.69) is 20.9 Å². The molecule has 0 saturated heterocycles. The summed E-state index contributed by atoms with van der Waals surface area (Å²) in [4.78, 5) is 27.0. The molecule has 29 heavy (non-hydrogen) atoms. The number of hydrogen-bond acceptors (Lipinski definition) is 3. The van der Waals surface area contributed by atoms with E-state index in [1.54, 1.807) is 18.2 Å². The van der Waals surface area contributed by atoms with Crippen molar-refractivity contribution in [2.24, 2.45) is 10.7 Å². The molecule has 0 bridgehead atoms. The van der Waals surface area contributed by atoms with Crippen LogP contribution in [0.4, 0.5) is 4.39 Å². The van der Waals surface area contributed by atoms with Crippen LogP contribution >= 0.6 is 24.0 Å². The molecule has 0 fully saturated rings. The van der Waals surface area contributed by atoms with Gasteiger partial charge in [0.05, 0.1) is 13.1 Å². The molecule has 0 atom stereocenters. The summed E-state index contributed by atoms with van der Waals surface area (Å²) in [5.41, 5.74) is 7.18. The number of nitrogens with one attached hydrogen (secondary N) is 3. The molecule has 5 N–H and O–H groups in total. The number of carbonyl (C=O) groups excluding carboxylic acids is 2. The van der Waals surface area contributed by atoms with E-state index in [1.807, 2.05) is 25.1 Å². The van der Waals surface area contributed by atoms with Crippen LogP contribution in [0.5, 0.6) is 0 Å². The Hall–Kier alpha value is -2.69. The highest BCUT2D eigenvalue weighted by molar-refractivity contribution is 14.0. The van der Waals surface area contributed by atoms with Crippen molar-refractivity contribution in [1.29, 1.82) is 0 Å². The third-order valence-electron chi connectivity index (χ3n) is 3.75. The van der Waals surface area contributed by atoms with Crippen molar-refractivity contribution in [2.75, 3.05) is 13.1 Å². The van der Waals surface area contributed by atoms with E-state index in [1.165, 1.54) is 12.1 Å². The average molecular weight is 513 g/mol. The molecule has 0 saturated carbocycles. The van der Waals surface area contributed by atoms with Crippen LogP contribution < -0.4 is 21.7 Å². The summed E-state index contributed by atoms with van der Waals surface area (Å²) in [7, 11) is 0. The largest absolute Gasteiger partial charge is 0.368 e. The maximum atomic E-state index is 13.3. The molecule has 0 unspecified atom stereocenters. The van der Waals surface area contributed by atoms with Crippen LogP contribution in [0.15, 0.2) is 53.5 Å². The van der Waals surface area contributed by atoms with Crippen LogP contribution in [-0.4, -0.2) is 30.9 Å². The van der Waals surface area contributed by atoms with Crippen molar-refractivity contribution in [1.82, 2.24) is 16.0 Å². The zero-order valence-corrected chi connectivity index (χ0v) is 18.4. The Bertz CT molecular complexity index is 843. The molecule has 0 aliphatic rings. The van der Waals surface area contributed by atoms with Gasteiger partial charge in [0.1, 0.15) is 5.82 Å². The zero-order valence-electron chi connectivity index (χ0n) is 16.1. The number of rotatable bonds is 8. The summed E-state index contributed by atoms with van der Waals surface area (Å²) in [6.07, 6.45) is 0. The number of nitrogens with zero attached hydrogens (tertiary/aromatic N) is 1. The van der Waals surface area contributed by atoms with Gasteiger partial charge in [-0.15, -0.1) is 24.0 Å². The quantitative estimate of drug-likeness (QED) is 0.246. The number of primary amides is 1. The zero-order chi connectivity index (χ0) is 20.4. The lowest BCUT2D eigenvalue weighted by molar-refractivity contribution is -0.117. The fraction of sp³-hybridized carbons (Fsp3) is 0.250. The van der Waals surface area contributed by atoms with Crippen molar-refractivity contribution in [3.8, 4) is 0 Å². The van der Waals surface area contributed by atoms with Crippen molar-refractivity contribution in [3.05, 3.63) is 71.0 Å². The monoisotopic (exact) mass is 513 g/mol. The third kappa shape index (κ3) is 8.90. The van der Waals surface area contributed by atoms with E-state index >= 15 is 0 Å². The van der Waals surface area contributed by atoms with Gasteiger partial charge in [-0.25, -0.2) is 9.38 Å². The summed E-state index contributed by atoms with van der Waals surface area (Å²) in [5, 5.41) is 8.76. The smallest absolute Gasteiger partial charge is 0.251 e. The summed E-state index contributed by atoms with van der Waals surface area (Å²) >= 11 is 0. The van der Waals surface area contributed by atoms with Gasteiger partial charge in [-0.2, -0.15) is 0 Å². The Morgan fingerprint density at radius 3 is 2.38 bits per heavy atom. The van der Waals surface area contributed by atoms with Gasteiger partial charge in [0.2, 0.25) is 5.91 Å². The van der Waals surface area contributed by atoms with Crippen LogP contribution in [0.1, 0.15) is 28.4 Å². The molecule has 2 aromatic rings. The Morgan fingerprint density at radius 2 is 1.76 bits per heavy atom. The van der Waals surface area contributed by atoms with Gasteiger partial charge in [0.25, 0.3) is 5.91 Å². The minimum Gasteiger partial charge on any atom is -0.368 e. The third-order valence-corrected chi connectivity index (χ3v) is 3.75. The topological polar surface area (TPSA) is 109 Å². The Balaban J connectivity index is 0.00000420. The van der Waals surface area contributed by atoms with Gasteiger partial charge in [0.15, 0.2) is 5.96 Å². The van der Waals surface area contributed by atoms with Crippen LogP contribution in [0.2, 0.25) is 0 Å². The van der Waals surface area contributed by atoms with E-state index in [4.69, 9.17) is 5.73 Å². The molecule has 0 aliphatic carbocycles. The Kier molecular flexibility index (Phi) is 10.7. The number of amides is 2. The van der Waals surface area contributed by atoms with Crippen molar-refractivity contribution >= 4 is 41.8 Å².